The van der Waals surface area contributed by atoms with E-state index in [0.717, 1.165) is 19.4 Å². The molecule has 1 aromatic carbocycles. The molecular weight excluding hydrogens is 266 g/mol. The van der Waals surface area contributed by atoms with E-state index in [-0.39, 0.29) is 5.91 Å². The van der Waals surface area contributed by atoms with Crippen LogP contribution in [0.25, 0.3) is 0 Å². The van der Waals surface area contributed by atoms with Gasteiger partial charge in [0.1, 0.15) is 0 Å². The number of carbonyl (C=O) groups excluding carboxylic acids is 2. The van der Waals surface area contributed by atoms with E-state index >= 15 is 0 Å². The van der Waals surface area contributed by atoms with Gasteiger partial charge in [-0.15, -0.1) is 0 Å². The average molecular weight is 289 g/mol. The van der Waals surface area contributed by atoms with Crippen LogP contribution >= 0.6 is 0 Å². The van der Waals surface area contributed by atoms with Crippen molar-refractivity contribution in [1.29, 1.82) is 0 Å². The first-order chi connectivity index (χ1) is 10.1. The van der Waals surface area contributed by atoms with Crippen LogP contribution in [0, 0.1) is 6.92 Å². The standard InChI is InChI=1S/C16H23N3O2/c1-12-5-7-13(8-6-12)14-4-3-10-19(14)11-9-15(20)18-16(21)17-2/h5-8,14H,3-4,9-11H2,1-2H3,(H2,17,18,20,21). The van der Waals surface area contributed by atoms with Crippen LogP contribution in [-0.4, -0.2) is 37.0 Å². The minimum Gasteiger partial charge on any atom is -0.341 e. The number of carbonyl (C=O) groups is 2. The molecule has 21 heavy (non-hydrogen) atoms. The molecule has 0 aromatic heterocycles. The van der Waals surface area contributed by atoms with Gasteiger partial charge in [-0.1, -0.05) is 29.8 Å². The fourth-order valence-corrected chi connectivity index (χ4v) is 2.76. The second-order valence-electron chi connectivity index (χ2n) is 5.48. The number of benzene rings is 1. The smallest absolute Gasteiger partial charge is 0.321 e. The second-order valence-corrected chi connectivity index (χ2v) is 5.48. The molecule has 0 saturated carbocycles. The van der Waals surface area contributed by atoms with Crippen molar-refractivity contribution in [2.75, 3.05) is 20.1 Å². The molecule has 1 aromatic rings. The molecule has 1 unspecified atom stereocenters. The third kappa shape index (κ3) is 4.29. The lowest BCUT2D eigenvalue weighted by Gasteiger charge is -2.24. The molecule has 1 aliphatic heterocycles. The summed E-state index contributed by atoms with van der Waals surface area (Å²) in [5.41, 5.74) is 2.57. The number of aryl methyl sites for hydroxylation is 1. The molecule has 1 atom stereocenters. The van der Waals surface area contributed by atoms with E-state index in [0.29, 0.717) is 19.0 Å². The number of imide groups is 1. The van der Waals surface area contributed by atoms with Crippen LogP contribution in [0.1, 0.15) is 36.4 Å². The summed E-state index contributed by atoms with van der Waals surface area (Å²) >= 11 is 0. The van der Waals surface area contributed by atoms with Crippen LogP contribution in [0.4, 0.5) is 4.79 Å². The molecule has 1 aliphatic rings. The molecule has 1 fully saturated rings. The Balaban J connectivity index is 1.89. The fourth-order valence-electron chi connectivity index (χ4n) is 2.76. The van der Waals surface area contributed by atoms with E-state index in [1.807, 2.05) is 0 Å². The SMILES string of the molecule is CNC(=O)NC(=O)CCN1CCCC1c1ccc(C)cc1. The molecule has 114 valence electrons. The molecule has 0 spiro atoms. The van der Waals surface area contributed by atoms with Gasteiger partial charge >= 0.3 is 6.03 Å². The summed E-state index contributed by atoms with van der Waals surface area (Å²) in [5.74, 6) is -0.232. The summed E-state index contributed by atoms with van der Waals surface area (Å²) < 4.78 is 0. The monoisotopic (exact) mass is 289 g/mol. The summed E-state index contributed by atoms with van der Waals surface area (Å²) in [6, 6.07) is 8.54. The van der Waals surface area contributed by atoms with E-state index in [1.165, 1.54) is 18.2 Å². The van der Waals surface area contributed by atoms with E-state index in [9.17, 15) is 9.59 Å². The van der Waals surface area contributed by atoms with E-state index in [4.69, 9.17) is 0 Å². The van der Waals surface area contributed by atoms with Gasteiger partial charge in [0.05, 0.1) is 0 Å². The van der Waals surface area contributed by atoms with Crippen LogP contribution < -0.4 is 10.6 Å². The predicted molar refractivity (Wildman–Crippen MR) is 81.9 cm³/mol. The van der Waals surface area contributed by atoms with Crippen LogP contribution in [-0.2, 0) is 4.79 Å². The molecule has 2 N–H and O–H groups in total. The van der Waals surface area contributed by atoms with Gasteiger partial charge in [0.15, 0.2) is 0 Å². The van der Waals surface area contributed by atoms with E-state index in [1.54, 1.807) is 0 Å². The molecule has 5 nitrogen and oxygen atoms in total. The minimum atomic E-state index is -0.448. The molecule has 0 bridgehead atoms. The first-order valence-electron chi connectivity index (χ1n) is 7.42. The van der Waals surface area contributed by atoms with Crippen molar-refractivity contribution >= 4 is 11.9 Å². The van der Waals surface area contributed by atoms with Crippen molar-refractivity contribution in [3.8, 4) is 0 Å². The number of rotatable bonds is 4. The number of urea groups is 1. The van der Waals surface area contributed by atoms with Crippen molar-refractivity contribution in [1.82, 2.24) is 15.5 Å². The van der Waals surface area contributed by atoms with Crippen molar-refractivity contribution in [3.63, 3.8) is 0 Å². The summed E-state index contributed by atoms with van der Waals surface area (Å²) in [6.45, 7) is 3.77. The van der Waals surface area contributed by atoms with Crippen LogP contribution in [0.2, 0.25) is 0 Å². The van der Waals surface area contributed by atoms with E-state index < -0.39 is 6.03 Å². The zero-order chi connectivity index (χ0) is 15.2. The maximum absolute atomic E-state index is 11.7. The Kier molecular flexibility index (Phi) is 5.33. The van der Waals surface area contributed by atoms with Gasteiger partial charge in [0.2, 0.25) is 5.91 Å². The molecule has 0 aliphatic carbocycles. The van der Waals surface area contributed by atoms with Gasteiger partial charge < -0.3 is 5.32 Å². The third-order valence-corrected chi connectivity index (χ3v) is 3.93. The summed E-state index contributed by atoms with van der Waals surface area (Å²) in [5, 5.41) is 4.68. The van der Waals surface area contributed by atoms with Gasteiger partial charge in [-0.3, -0.25) is 15.0 Å². The van der Waals surface area contributed by atoms with Crippen LogP contribution in [0.5, 0.6) is 0 Å². The Bertz CT molecular complexity index is 499. The lowest BCUT2D eigenvalue weighted by Crippen LogP contribution is -2.39. The average Bonchev–Trinajstić information content (AvgIpc) is 2.94. The lowest BCUT2D eigenvalue weighted by atomic mass is 10.0. The Morgan fingerprint density at radius 1 is 1.29 bits per heavy atom. The highest BCUT2D eigenvalue weighted by atomic mass is 16.2. The highest BCUT2D eigenvalue weighted by Gasteiger charge is 2.26. The number of hydrogen-bond acceptors (Lipinski definition) is 3. The number of nitrogens with one attached hydrogen (secondary N) is 2. The number of nitrogens with zero attached hydrogens (tertiary/aromatic N) is 1. The largest absolute Gasteiger partial charge is 0.341 e. The zero-order valence-corrected chi connectivity index (χ0v) is 12.7. The summed E-state index contributed by atoms with van der Waals surface area (Å²) in [4.78, 5) is 25.1. The van der Waals surface area contributed by atoms with Gasteiger partial charge in [0.25, 0.3) is 0 Å². The van der Waals surface area contributed by atoms with Gasteiger partial charge in [-0.05, 0) is 31.9 Å². The molecule has 5 heteroatoms. The molecule has 2 rings (SSSR count). The Labute approximate surface area is 125 Å². The van der Waals surface area contributed by atoms with Crippen molar-refractivity contribution in [2.24, 2.45) is 0 Å². The molecule has 1 saturated heterocycles. The molecule has 1 heterocycles. The first-order valence-corrected chi connectivity index (χ1v) is 7.42. The Morgan fingerprint density at radius 3 is 2.67 bits per heavy atom. The molecule has 3 amide bonds. The quantitative estimate of drug-likeness (QED) is 0.891. The van der Waals surface area contributed by atoms with Crippen molar-refractivity contribution in [2.45, 2.75) is 32.2 Å². The first kappa shape index (κ1) is 15.5. The Morgan fingerprint density at radius 2 is 2.00 bits per heavy atom. The van der Waals surface area contributed by atoms with Crippen LogP contribution in [0.15, 0.2) is 24.3 Å². The van der Waals surface area contributed by atoms with E-state index in [2.05, 4.69) is 46.7 Å². The topological polar surface area (TPSA) is 61.4 Å². The van der Waals surface area contributed by atoms with Gasteiger partial charge in [-0.2, -0.15) is 0 Å². The summed E-state index contributed by atoms with van der Waals surface area (Å²) in [6.07, 6.45) is 2.62. The van der Waals surface area contributed by atoms with Crippen molar-refractivity contribution in [3.05, 3.63) is 35.4 Å². The highest BCUT2D eigenvalue weighted by Crippen LogP contribution is 2.31. The number of hydrogen-bond donors (Lipinski definition) is 2. The maximum Gasteiger partial charge on any atom is 0.321 e. The summed E-state index contributed by atoms with van der Waals surface area (Å²) in [7, 11) is 1.50. The minimum absolute atomic E-state index is 0.232. The Hall–Kier alpha value is -1.88. The maximum atomic E-state index is 11.7. The van der Waals surface area contributed by atoms with Gasteiger partial charge in [0, 0.05) is 26.1 Å². The number of likely N-dealkylation sites (tertiary alicyclic amines) is 1. The highest BCUT2D eigenvalue weighted by molar-refractivity contribution is 5.94. The fraction of sp³-hybridized carbons (Fsp3) is 0.500. The zero-order valence-electron chi connectivity index (χ0n) is 12.7. The molecule has 0 radical (unpaired) electrons. The molecular formula is C16H23N3O2. The predicted octanol–water partition coefficient (Wildman–Crippen LogP) is 1.98. The second kappa shape index (κ2) is 7.22. The van der Waals surface area contributed by atoms with Gasteiger partial charge in [-0.25, -0.2) is 4.79 Å². The van der Waals surface area contributed by atoms with Crippen LogP contribution in [0.3, 0.4) is 0 Å². The lowest BCUT2D eigenvalue weighted by molar-refractivity contribution is -0.120. The normalized spacial score (nSPS) is 18.5. The third-order valence-electron chi connectivity index (χ3n) is 3.93. The number of amides is 3. The van der Waals surface area contributed by atoms with Crippen molar-refractivity contribution < 1.29 is 9.59 Å².